The van der Waals surface area contributed by atoms with Gasteiger partial charge in [-0.3, -0.25) is 0 Å². The lowest BCUT2D eigenvalue weighted by atomic mass is 10.2. The zero-order valence-electron chi connectivity index (χ0n) is 6.70. The standard InChI is InChI=1S/C6H9F3N4/c7-6(8,9)5(1-2-10)13-4-3-11-12-13/h3-5H,1-2,10H2/t5-/m0/s1. The lowest BCUT2D eigenvalue weighted by Crippen LogP contribution is -2.29. The van der Waals surface area contributed by atoms with Gasteiger partial charge in [-0.15, -0.1) is 5.10 Å². The van der Waals surface area contributed by atoms with Crippen LogP contribution in [0, 0.1) is 0 Å². The molecular weight excluding hydrogens is 185 g/mol. The van der Waals surface area contributed by atoms with E-state index in [1.54, 1.807) is 0 Å². The predicted octanol–water partition coefficient (Wildman–Crippen LogP) is 0.730. The van der Waals surface area contributed by atoms with Gasteiger partial charge in [-0.1, -0.05) is 5.21 Å². The zero-order chi connectivity index (χ0) is 9.90. The van der Waals surface area contributed by atoms with Crippen molar-refractivity contribution in [1.82, 2.24) is 15.0 Å². The molecule has 2 N–H and O–H groups in total. The molecule has 0 aliphatic heterocycles. The Bertz CT molecular complexity index is 243. The van der Waals surface area contributed by atoms with E-state index in [0.717, 1.165) is 4.68 Å². The van der Waals surface area contributed by atoms with Gasteiger partial charge in [0.15, 0.2) is 6.04 Å². The third-order valence-corrected chi connectivity index (χ3v) is 1.58. The fourth-order valence-electron chi connectivity index (χ4n) is 0.987. The van der Waals surface area contributed by atoms with Gasteiger partial charge in [0.2, 0.25) is 0 Å². The van der Waals surface area contributed by atoms with Crippen molar-refractivity contribution in [3.63, 3.8) is 0 Å². The molecule has 0 saturated carbocycles. The summed E-state index contributed by atoms with van der Waals surface area (Å²) < 4.78 is 37.7. The highest BCUT2D eigenvalue weighted by molar-refractivity contribution is 4.77. The highest BCUT2D eigenvalue weighted by Crippen LogP contribution is 2.31. The molecule has 0 fully saturated rings. The quantitative estimate of drug-likeness (QED) is 0.771. The van der Waals surface area contributed by atoms with E-state index in [0.29, 0.717) is 0 Å². The van der Waals surface area contributed by atoms with Crippen LogP contribution in [0.3, 0.4) is 0 Å². The molecule has 0 bridgehead atoms. The first kappa shape index (κ1) is 9.97. The van der Waals surface area contributed by atoms with E-state index >= 15 is 0 Å². The average molecular weight is 194 g/mol. The molecule has 0 amide bonds. The Kier molecular flexibility index (Phi) is 2.86. The Morgan fingerprint density at radius 3 is 2.54 bits per heavy atom. The van der Waals surface area contributed by atoms with Crippen LogP contribution in [0.2, 0.25) is 0 Å². The first-order valence-electron chi connectivity index (χ1n) is 3.68. The van der Waals surface area contributed by atoms with Gasteiger partial charge in [0.25, 0.3) is 0 Å². The van der Waals surface area contributed by atoms with Crippen molar-refractivity contribution in [2.24, 2.45) is 5.73 Å². The fraction of sp³-hybridized carbons (Fsp3) is 0.667. The van der Waals surface area contributed by atoms with E-state index in [1.165, 1.54) is 12.4 Å². The van der Waals surface area contributed by atoms with Gasteiger partial charge in [-0.05, 0) is 13.0 Å². The monoisotopic (exact) mass is 194 g/mol. The summed E-state index contributed by atoms with van der Waals surface area (Å²) in [5, 5.41) is 6.60. The van der Waals surface area contributed by atoms with Crippen molar-refractivity contribution in [1.29, 1.82) is 0 Å². The maximum Gasteiger partial charge on any atom is 0.410 e. The number of nitrogens with two attached hydrogens (primary N) is 1. The van der Waals surface area contributed by atoms with E-state index in [2.05, 4.69) is 10.3 Å². The number of nitrogens with zero attached hydrogens (tertiary/aromatic N) is 3. The van der Waals surface area contributed by atoms with Crippen LogP contribution >= 0.6 is 0 Å². The Labute approximate surface area is 72.5 Å². The summed E-state index contributed by atoms with van der Waals surface area (Å²) in [6, 6.07) is -1.67. The molecule has 0 spiro atoms. The Morgan fingerprint density at radius 1 is 1.46 bits per heavy atom. The van der Waals surface area contributed by atoms with E-state index in [-0.39, 0.29) is 13.0 Å². The Balaban J connectivity index is 2.81. The van der Waals surface area contributed by atoms with Gasteiger partial charge >= 0.3 is 6.18 Å². The maximum absolute atomic E-state index is 12.3. The average Bonchev–Trinajstić information content (AvgIpc) is 2.49. The molecule has 13 heavy (non-hydrogen) atoms. The summed E-state index contributed by atoms with van der Waals surface area (Å²) in [7, 11) is 0. The molecule has 0 unspecified atom stereocenters. The van der Waals surface area contributed by atoms with Gasteiger partial charge in [0.1, 0.15) is 0 Å². The largest absolute Gasteiger partial charge is 0.410 e. The van der Waals surface area contributed by atoms with Gasteiger partial charge in [0, 0.05) is 6.20 Å². The van der Waals surface area contributed by atoms with E-state index in [1.807, 2.05) is 0 Å². The van der Waals surface area contributed by atoms with Crippen molar-refractivity contribution in [3.8, 4) is 0 Å². The summed E-state index contributed by atoms with van der Waals surface area (Å²) in [6.45, 7) is -0.0377. The highest BCUT2D eigenvalue weighted by atomic mass is 19.4. The van der Waals surface area contributed by atoms with Crippen LogP contribution in [0.15, 0.2) is 12.4 Å². The predicted molar refractivity (Wildman–Crippen MR) is 38.8 cm³/mol. The molecule has 74 valence electrons. The molecule has 1 aromatic heterocycles. The molecule has 1 atom stereocenters. The summed E-state index contributed by atoms with van der Waals surface area (Å²) in [6.07, 6.45) is -2.14. The first-order valence-corrected chi connectivity index (χ1v) is 3.68. The molecular formula is C6H9F3N4. The molecule has 1 aromatic rings. The molecule has 0 radical (unpaired) electrons. The Morgan fingerprint density at radius 2 is 2.15 bits per heavy atom. The van der Waals surface area contributed by atoms with Crippen molar-refractivity contribution < 1.29 is 13.2 Å². The summed E-state index contributed by atoms with van der Waals surface area (Å²) in [4.78, 5) is 0. The summed E-state index contributed by atoms with van der Waals surface area (Å²) in [5.41, 5.74) is 5.07. The second kappa shape index (κ2) is 3.73. The third kappa shape index (κ3) is 2.41. The maximum atomic E-state index is 12.3. The van der Waals surface area contributed by atoms with Crippen molar-refractivity contribution in [2.75, 3.05) is 6.54 Å². The number of rotatable bonds is 3. The Hall–Kier alpha value is -1.11. The van der Waals surface area contributed by atoms with Gasteiger partial charge in [0.05, 0.1) is 6.20 Å². The summed E-state index contributed by atoms with van der Waals surface area (Å²) in [5.74, 6) is 0. The second-order valence-corrected chi connectivity index (χ2v) is 2.52. The van der Waals surface area contributed by atoms with E-state index in [9.17, 15) is 13.2 Å². The number of aromatic nitrogens is 3. The van der Waals surface area contributed by atoms with Crippen molar-refractivity contribution in [3.05, 3.63) is 12.4 Å². The van der Waals surface area contributed by atoms with Gasteiger partial charge < -0.3 is 5.73 Å². The van der Waals surface area contributed by atoms with Crippen LogP contribution in [-0.2, 0) is 0 Å². The topological polar surface area (TPSA) is 56.7 Å². The van der Waals surface area contributed by atoms with Crippen molar-refractivity contribution in [2.45, 2.75) is 18.6 Å². The van der Waals surface area contributed by atoms with E-state index in [4.69, 9.17) is 5.73 Å². The minimum absolute atomic E-state index is 0.0377. The molecule has 0 aliphatic carbocycles. The highest BCUT2D eigenvalue weighted by Gasteiger charge is 2.40. The second-order valence-electron chi connectivity index (χ2n) is 2.52. The van der Waals surface area contributed by atoms with Crippen LogP contribution < -0.4 is 5.73 Å². The van der Waals surface area contributed by atoms with Crippen LogP contribution in [0.4, 0.5) is 13.2 Å². The first-order chi connectivity index (χ1) is 6.05. The molecule has 4 nitrogen and oxygen atoms in total. The number of hydrogen-bond donors (Lipinski definition) is 1. The summed E-state index contributed by atoms with van der Waals surface area (Å²) >= 11 is 0. The molecule has 0 saturated heterocycles. The number of alkyl halides is 3. The van der Waals surface area contributed by atoms with Crippen molar-refractivity contribution >= 4 is 0 Å². The minimum atomic E-state index is -4.33. The minimum Gasteiger partial charge on any atom is -0.330 e. The van der Waals surface area contributed by atoms with Crippen LogP contribution in [0.25, 0.3) is 0 Å². The van der Waals surface area contributed by atoms with Gasteiger partial charge in [-0.25, -0.2) is 4.68 Å². The fourth-order valence-corrected chi connectivity index (χ4v) is 0.987. The molecule has 1 heterocycles. The molecule has 0 aromatic carbocycles. The van der Waals surface area contributed by atoms with Crippen LogP contribution in [-0.4, -0.2) is 27.7 Å². The molecule has 7 heteroatoms. The van der Waals surface area contributed by atoms with Gasteiger partial charge in [-0.2, -0.15) is 13.2 Å². The molecule has 1 rings (SSSR count). The molecule has 0 aliphatic rings. The normalized spacial score (nSPS) is 14.5. The van der Waals surface area contributed by atoms with Crippen LogP contribution in [0.1, 0.15) is 12.5 Å². The van der Waals surface area contributed by atoms with E-state index < -0.39 is 12.2 Å². The zero-order valence-corrected chi connectivity index (χ0v) is 6.70. The smallest absolute Gasteiger partial charge is 0.330 e. The number of halogens is 3. The number of hydrogen-bond acceptors (Lipinski definition) is 3. The SMILES string of the molecule is NCC[C@H](n1ccnn1)C(F)(F)F. The third-order valence-electron chi connectivity index (χ3n) is 1.58. The lowest BCUT2D eigenvalue weighted by molar-refractivity contribution is -0.171. The lowest BCUT2D eigenvalue weighted by Gasteiger charge is -2.18. The van der Waals surface area contributed by atoms with Crippen LogP contribution in [0.5, 0.6) is 0 Å².